The van der Waals surface area contributed by atoms with Gasteiger partial charge in [0.2, 0.25) is 5.91 Å². The second kappa shape index (κ2) is 6.07. The van der Waals surface area contributed by atoms with E-state index in [9.17, 15) is 4.79 Å². The fraction of sp³-hybridized carbons (Fsp3) is 0. The van der Waals surface area contributed by atoms with E-state index in [-0.39, 0.29) is 21.9 Å². The van der Waals surface area contributed by atoms with Gasteiger partial charge in [-0.25, -0.2) is 0 Å². The average Bonchev–Trinajstić information content (AvgIpc) is 2.38. The minimum Gasteiger partial charge on any atom is -0.366 e. The molecular weight excluding hydrogens is 266 g/mol. The Morgan fingerprint density at radius 1 is 1.21 bits per heavy atom. The van der Waals surface area contributed by atoms with Crippen molar-refractivity contribution in [2.45, 2.75) is 0 Å². The van der Waals surface area contributed by atoms with Crippen LogP contribution in [0.5, 0.6) is 0 Å². The topological polar surface area (TPSA) is 126 Å². The summed E-state index contributed by atoms with van der Waals surface area (Å²) in [6, 6.07) is 9.08. The van der Waals surface area contributed by atoms with Gasteiger partial charge in [-0.3, -0.25) is 4.79 Å². The van der Waals surface area contributed by atoms with E-state index < -0.39 is 5.91 Å². The number of amides is 1. The molecule has 0 bridgehead atoms. The number of primary amides is 1. The Balaban J connectivity index is 3.16. The lowest BCUT2D eigenvalue weighted by molar-refractivity contribution is 0.100. The van der Waals surface area contributed by atoms with Gasteiger partial charge in [-0.05, 0) is 18.2 Å². The molecule has 0 atom stereocenters. The van der Waals surface area contributed by atoms with Crippen molar-refractivity contribution in [1.82, 2.24) is 0 Å². The summed E-state index contributed by atoms with van der Waals surface area (Å²) in [4.78, 5) is 11.0. The first kappa shape index (κ1) is 14.1. The molecule has 0 aromatic heterocycles. The normalized spacial score (nSPS) is 8.53. The quantitative estimate of drug-likeness (QED) is 0.809. The molecule has 0 spiro atoms. The fourth-order valence-corrected chi connectivity index (χ4v) is 1.49. The molecule has 1 rings (SSSR count). The zero-order chi connectivity index (χ0) is 14.4. The Hall–Kier alpha value is -3.01. The number of carbonyl (C=O) groups is 1. The molecule has 0 unspecified atom stereocenters. The second-order valence-electron chi connectivity index (χ2n) is 3.27. The molecule has 0 fully saturated rings. The van der Waals surface area contributed by atoms with Crippen molar-refractivity contribution in [2.75, 3.05) is 5.32 Å². The van der Waals surface area contributed by atoms with Gasteiger partial charge in [0.25, 0.3) is 0 Å². The SMILES string of the molecule is N#CC(C#N)=C(C#N)Nc1ccc(C(N)=O)c(Cl)c1. The maximum Gasteiger partial charge on any atom is 0.250 e. The molecule has 7 heteroatoms. The maximum absolute atomic E-state index is 11.0. The summed E-state index contributed by atoms with van der Waals surface area (Å²) in [5, 5.41) is 28.9. The molecule has 0 aliphatic heterocycles. The predicted molar refractivity (Wildman–Crippen MR) is 67.5 cm³/mol. The third-order valence-electron chi connectivity index (χ3n) is 2.09. The number of hydrogen-bond acceptors (Lipinski definition) is 5. The van der Waals surface area contributed by atoms with E-state index in [1.807, 2.05) is 0 Å². The van der Waals surface area contributed by atoms with E-state index >= 15 is 0 Å². The number of halogens is 1. The molecule has 19 heavy (non-hydrogen) atoms. The Morgan fingerprint density at radius 3 is 2.26 bits per heavy atom. The van der Waals surface area contributed by atoms with Gasteiger partial charge in [0, 0.05) is 5.69 Å². The third kappa shape index (κ3) is 3.23. The Morgan fingerprint density at radius 2 is 1.84 bits per heavy atom. The molecule has 92 valence electrons. The molecule has 0 saturated heterocycles. The summed E-state index contributed by atoms with van der Waals surface area (Å²) in [5.41, 5.74) is 5.03. The Labute approximate surface area is 113 Å². The van der Waals surface area contributed by atoms with Crippen molar-refractivity contribution >= 4 is 23.2 Å². The molecule has 0 radical (unpaired) electrons. The molecular formula is C12H6ClN5O. The van der Waals surface area contributed by atoms with Crippen molar-refractivity contribution in [3.8, 4) is 18.2 Å². The minimum absolute atomic E-state index is 0.102. The van der Waals surface area contributed by atoms with Crippen molar-refractivity contribution in [3.63, 3.8) is 0 Å². The highest BCUT2D eigenvalue weighted by atomic mass is 35.5. The first-order valence-corrected chi connectivity index (χ1v) is 5.22. The number of allylic oxidation sites excluding steroid dienone is 2. The van der Waals surface area contributed by atoms with Crippen LogP contribution in [0.15, 0.2) is 29.5 Å². The zero-order valence-electron chi connectivity index (χ0n) is 9.44. The van der Waals surface area contributed by atoms with Crippen molar-refractivity contribution < 1.29 is 4.79 Å². The second-order valence-corrected chi connectivity index (χ2v) is 3.68. The summed E-state index contributed by atoms with van der Waals surface area (Å²) in [7, 11) is 0. The van der Waals surface area contributed by atoms with Crippen molar-refractivity contribution in [2.24, 2.45) is 5.73 Å². The van der Waals surface area contributed by atoms with Crippen LogP contribution in [0.25, 0.3) is 0 Å². The number of nitrogens with zero attached hydrogens (tertiary/aromatic N) is 3. The summed E-state index contributed by atoms with van der Waals surface area (Å²) >= 11 is 5.83. The molecule has 6 nitrogen and oxygen atoms in total. The lowest BCUT2D eigenvalue weighted by atomic mass is 10.2. The average molecular weight is 272 g/mol. The highest BCUT2D eigenvalue weighted by Gasteiger charge is 2.10. The molecule has 1 amide bonds. The van der Waals surface area contributed by atoms with Crippen LogP contribution in [0.2, 0.25) is 5.02 Å². The van der Waals surface area contributed by atoms with Gasteiger partial charge < -0.3 is 11.1 Å². The van der Waals surface area contributed by atoms with Crippen LogP contribution in [0.1, 0.15) is 10.4 Å². The van der Waals surface area contributed by atoms with Crippen molar-refractivity contribution in [1.29, 1.82) is 15.8 Å². The molecule has 1 aromatic carbocycles. The van der Waals surface area contributed by atoms with Crippen LogP contribution < -0.4 is 11.1 Å². The van der Waals surface area contributed by atoms with Crippen LogP contribution in [0, 0.1) is 34.0 Å². The number of anilines is 1. The standard InChI is InChI=1S/C12H6ClN5O/c13-10-3-8(1-2-9(10)12(17)19)18-11(6-16)7(4-14)5-15/h1-3,18H,(H2,17,19). The number of nitrogens with two attached hydrogens (primary N) is 1. The van der Waals surface area contributed by atoms with E-state index in [4.69, 9.17) is 33.1 Å². The van der Waals surface area contributed by atoms with E-state index in [0.717, 1.165) is 0 Å². The van der Waals surface area contributed by atoms with E-state index in [1.54, 1.807) is 18.2 Å². The summed E-state index contributed by atoms with van der Waals surface area (Å²) in [6.07, 6.45) is 0. The largest absolute Gasteiger partial charge is 0.366 e. The Bertz CT molecular complexity index is 672. The fourth-order valence-electron chi connectivity index (χ4n) is 1.22. The van der Waals surface area contributed by atoms with Crippen LogP contribution in [0.3, 0.4) is 0 Å². The number of nitriles is 3. The first-order valence-electron chi connectivity index (χ1n) is 4.84. The number of carbonyl (C=O) groups excluding carboxylic acids is 1. The zero-order valence-corrected chi connectivity index (χ0v) is 10.2. The number of nitrogens with one attached hydrogen (secondary N) is 1. The van der Waals surface area contributed by atoms with Gasteiger partial charge in [-0.1, -0.05) is 11.6 Å². The van der Waals surface area contributed by atoms with Crippen LogP contribution in [0.4, 0.5) is 5.69 Å². The summed E-state index contributed by atoms with van der Waals surface area (Å²) in [6.45, 7) is 0. The Kier molecular flexibility index (Phi) is 4.49. The molecule has 0 saturated carbocycles. The summed E-state index contributed by atoms with van der Waals surface area (Å²) in [5.74, 6) is -0.678. The summed E-state index contributed by atoms with van der Waals surface area (Å²) < 4.78 is 0. The van der Waals surface area contributed by atoms with Gasteiger partial charge in [-0.2, -0.15) is 15.8 Å². The number of benzene rings is 1. The molecule has 0 aliphatic rings. The first-order chi connectivity index (χ1) is 9.03. The number of rotatable bonds is 3. The lowest BCUT2D eigenvalue weighted by Gasteiger charge is -2.06. The molecule has 1 aromatic rings. The van der Waals surface area contributed by atoms with Crippen molar-refractivity contribution in [3.05, 3.63) is 40.1 Å². The predicted octanol–water partition coefficient (Wildman–Crippen LogP) is 1.68. The van der Waals surface area contributed by atoms with Crippen LogP contribution in [-0.2, 0) is 0 Å². The van der Waals surface area contributed by atoms with Gasteiger partial charge in [-0.15, -0.1) is 0 Å². The van der Waals surface area contributed by atoms with Gasteiger partial charge >= 0.3 is 0 Å². The van der Waals surface area contributed by atoms with E-state index in [2.05, 4.69) is 5.32 Å². The van der Waals surface area contributed by atoms with Crippen LogP contribution >= 0.6 is 11.6 Å². The van der Waals surface area contributed by atoms with Crippen LogP contribution in [-0.4, -0.2) is 5.91 Å². The maximum atomic E-state index is 11.0. The third-order valence-corrected chi connectivity index (χ3v) is 2.40. The minimum atomic E-state index is -0.678. The molecule has 0 heterocycles. The van der Waals surface area contributed by atoms with E-state index in [1.165, 1.54) is 18.2 Å². The van der Waals surface area contributed by atoms with E-state index in [0.29, 0.717) is 5.69 Å². The smallest absolute Gasteiger partial charge is 0.250 e. The number of hydrogen-bond donors (Lipinski definition) is 2. The highest BCUT2D eigenvalue weighted by Crippen LogP contribution is 2.22. The van der Waals surface area contributed by atoms with Gasteiger partial charge in [0.1, 0.15) is 23.9 Å². The highest BCUT2D eigenvalue weighted by molar-refractivity contribution is 6.34. The lowest BCUT2D eigenvalue weighted by Crippen LogP contribution is -2.11. The van der Waals surface area contributed by atoms with Gasteiger partial charge in [0.15, 0.2) is 5.57 Å². The monoisotopic (exact) mass is 271 g/mol. The molecule has 0 aliphatic carbocycles. The molecule has 3 N–H and O–H groups in total. The van der Waals surface area contributed by atoms with Gasteiger partial charge in [0.05, 0.1) is 10.6 Å².